The number of nitrogens with two attached hydrogens (primary N) is 1. The number of nitrogens with one attached hydrogen (secondary N) is 1. The second-order valence-corrected chi connectivity index (χ2v) is 11.4. The molecule has 11 heteroatoms. The fraction of sp³-hybridized carbons (Fsp3) is 0.387. The van der Waals surface area contributed by atoms with Gasteiger partial charge in [-0.2, -0.15) is 0 Å². The Hall–Kier alpha value is -4.19. The molecule has 2 aromatic carbocycles. The summed E-state index contributed by atoms with van der Waals surface area (Å²) in [6.07, 6.45) is -0.0173. The number of ketones is 2. The predicted octanol–water partition coefficient (Wildman–Crippen LogP) is 1.91. The van der Waals surface area contributed by atoms with Gasteiger partial charge in [0, 0.05) is 43.1 Å². The minimum atomic E-state index is -2.60. The van der Waals surface area contributed by atoms with Crippen molar-refractivity contribution in [2.45, 2.75) is 31.4 Å². The molecule has 7 N–H and O–H groups in total. The largest absolute Gasteiger partial charge is 0.511 e. The lowest BCUT2D eigenvalue weighted by Crippen LogP contribution is -2.57. The lowest BCUT2D eigenvalue weighted by Gasteiger charge is -2.45. The molecule has 2 aromatic rings. The van der Waals surface area contributed by atoms with Crippen LogP contribution in [0.2, 0.25) is 0 Å². The van der Waals surface area contributed by atoms with Crippen molar-refractivity contribution >= 4 is 17.5 Å². The number of allylic oxidation sites excluding steroid dienone is 2. The molecule has 0 heterocycles. The molecule has 42 heavy (non-hydrogen) atoms. The number of ether oxygens (including phenoxy) is 1. The van der Waals surface area contributed by atoms with Crippen LogP contribution >= 0.6 is 0 Å². The first-order valence-electron chi connectivity index (χ1n) is 13.7. The number of hydrogen-bond donors (Lipinski definition) is 6. The van der Waals surface area contributed by atoms with E-state index in [-0.39, 0.29) is 36.1 Å². The van der Waals surface area contributed by atoms with Gasteiger partial charge in [-0.3, -0.25) is 14.4 Å². The van der Waals surface area contributed by atoms with E-state index in [0.29, 0.717) is 23.4 Å². The predicted molar refractivity (Wildman–Crippen MR) is 153 cm³/mol. The molecule has 222 valence electrons. The van der Waals surface area contributed by atoms with Crippen molar-refractivity contribution in [2.75, 3.05) is 34.3 Å². The molecule has 0 unspecified atom stereocenters. The highest BCUT2D eigenvalue weighted by molar-refractivity contribution is 6.24. The van der Waals surface area contributed by atoms with Crippen molar-refractivity contribution in [2.24, 2.45) is 17.6 Å². The van der Waals surface area contributed by atoms with E-state index in [0.717, 1.165) is 24.2 Å². The zero-order valence-electron chi connectivity index (χ0n) is 23.7. The van der Waals surface area contributed by atoms with E-state index in [1.807, 2.05) is 32.3 Å². The second-order valence-electron chi connectivity index (χ2n) is 11.4. The molecular weight excluding hydrogens is 542 g/mol. The molecule has 0 spiro atoms. The lowest BCUT2D eigenvalue weighted by molar-refractivity contribution is -0.144. The third kappa shape index (κ3) is 4.63. The fourth-order valence-corrected chi connectivity index (χ4v) is 6.48. The summed E-state index contributed by atoms with van der Waals surface area (Å²) in [5, 5.41) is 47.3. The highest BCUT2D eigenvalue weighted by atomic mass is 16.5. The number of benzene rings is 2. The Morgan fingerprint density at radius 2 is 1.86 bits per heavy atom. The minimum absolute atomic E-state index is 0.0410. The highest BCUT2D eigenvalue weighted by Crippen LogP contribution is 2.52. The summed E-state index contributed by atoms with van der Waals surface area (Å²) >= 11 is 0. The topological polar surface area (TPSA) is 183 Å². The Morgan fingerprint density at radius 3 is 2.52 bits per heavy atom. The van der Waals surface area contributed by atoms with Crippen LogP contribution in [0.25, 0.3) is 11.1 Å². The molecule has 11 nitrogen and oxygen atoms in total. The molecule has 0 aromatic heterocycles. The quantitative estimate of drug-likeness (QED) is 0.200. The summed E-state index contributed by atoms with van der Waals surface area (Å²) in [4.78, 5) is 41.0. The number of likely N-dealkylation sites (N-methyl/N-ethyl adjacent to an activating group) is 1. The van der Waals surface area contributed by atoms with E-state index in [4.69, 9.17) is 10.5 Å². The third-order valence-electron chi connectivity index (χ3n) is 8.56. The Balaban J connectivity index is 1.59. The number of rotatable bonds is 8. The maximum absolute atomic E-state index is 13.9. The van der Waals surface area contributed by atoms with E-state index in [1.54, 1.807) is 13.2 Å². The number of fused-ring (bicyclic) bond motifs is 3. The number of phenols is 1. The van der Waals surface area contributed by atoms with Gasteiger partial charge in [-0.25, -0.2) is 0 Å². The van der Waals surface area contributed by atoms with Gasteiger partial charge in [0.05, 0.1) is 12.7 Å². The highest BCUT2D eigenvalue weighted by Gasteiger charge is 2.59. The molecule has 0 saturated heterocycles. The average Bonchev–Trinajstić information content (AvgIpc) is 2.93. The van der Waals surface area contributed by atoms with Crippen LogP contribution in [0.3, 0.4) is 0 Å². The maximum Gasteiger partial charge on any atom is 0.255 e. The Morgan fingerprint density at radius 1 is 1.12 bits per heavy atom. The standard InChI is InChI=1S/C31H35N3O8/c1-34(2)9-8-33-14-15-4-7-23(42-3)19(10-15)18-5-6-21(35)25-20(18)12-16-11-17-13-22(36)26(30(32)40)29(39)31(17,41)28(38)24(16)27(25)37/h4-7,10,16-17,33,35-36,38,41H,8-9,11-14H2,1-3H3,(H2,32,40)/t16-,17+,31+/m1/s1. The number of amides is 1. The van der Waals surface area contributed by atoms with E-state index >= 15 is 0 Å². The van der Waals surface area contributed by atoms with Crippen molar-refractivity contribution in [3.05, 3.63) is 69.7 Å². The summed E-state index contributed by atoms with van der Waals surface area (Å²) in [6.45, 7) is 2.27. The number of hydrogen-bond acceptors (Lipinski definition) is 10. The van der Waals surface area contributed by atoms with Gasteiger partial charge in [-0.05, 0) is 67.7 Å². The molecule has 0 bridgehead atoms. The summed E-state index contributed by atoms with van der Waals surface area (Å²) in [5.41, 5.74) is 4.56. The molecule has 3 aliphatic carbocycles. The van der Waals surface area contributed by atoms with E-state index in [1.165, 1.54) is 6.07 Å². The first kappa shape index (κ1) is 29.3. The monoisotopic (exact) mass is 577 g/mol. The Labute approximate surface area is 242 Å². The average molecular weight is 578 g/mol. The number of phenolic OH excluding ortho intramolecular Hbond substituents is 1. The van der Waals surface area contributed by atoms with Gasteiger partial charge >= 0.3 is 0 Å². The number of aromatic hydroxyl groups is 1. The molecule has 3 aliphatic rings. The molecule has 0 saturated carbocycles. The van der Waals surface area contributed by atoms with Crippen molar-refractivity contribution in [3.63, 3.8) is 0 Å². The summed E-state index contributed by atoms with van der Waals surface area (Å²) in [6, 6.07) is 8.87. The summed E-state index contributed by atoms with van der Waals surface area (Å²) in [5.74, 6) is -6.00. The number of Topliss-reactive ketones (excluding diaryl/α,β-unsaturated/α-hetero) is 2. The van der Waals surface area contributed by atoms with Gasteiger partial charge in [0.15, 0.2) is 11.4 Å². The smallest absolute Gasteiger partial charge is 0.255 e. The summed E-state index contributed by atoms with van der Waals surface area (Å²) < 4.78 is 5.66. The van der Waals surface area contributed by atoms with Gasteiger partial charge in [0.25, 0.3) is 5.91 Å². The van der Waals surface area contributed by atoms with Gasteiger partial charge in [0.1, 0.15) is 28.6 Å². The Bertz CT molecular complexity index is 1560. The van der Waals surface area contributed by atoms with Crippen molar-refractivity contribution in [3.8, 4) is 22.6 Å². The number of carbonyl (C=O) groups is 3. The molecule has 0 radical (unpaired) electrons. The Kier molecular flexibility index (Phi) is 7.61. The molecule has 0 aliphatic heterocycles. The van der Waals surface area contributed by atoms with Crippen LogP contribution in [0, 0.1) is 11.8 Å². The second kappa shape index (κ2) is 10.9. The molecular formula is C31H35N3O8. The van der Waals surface area contributed by atoms with Crippen molar-refractivity contribution in [1.82, 2.24) is 10.2 Å². The van der Waals surface area contributed by atoms with E-state index in [2.05, 4.69) is 10.2 Å². The summed E-state index contributed by atoms with van der Waals surface area (Å²) in [7, 11) is 5.55. The number of carbonyl (C=O) groups excluding carboxylic acids is 3. The zero-order valence-corrected chi connectivity index (χ0v) is 23.7. The number of aliphatic hydroxyl groups excluding tert-OH is 2. The van der Waals surface area contributed by atoms with Crippen molar-refractivity contribution in [1.29, 1.82) is 0 Å². The molecule has 3 atom stereocenters. The van der Waals surface area contributed by atoms with Crippen LogP contribution in [0.4, 0.5) is 0 Å². The van der Waals surface area contributed by atoms with Crippen LogP contribution in [0.15, 0.2) is 53.0 Å². The number of nitrogens with zero attached hydrogens (tertiary/aromatic N) is 1. The van der Waals surface area contributed by atoms with Crippen LogP contribution < -0.4 is 15.8 Å². The lowest BCUT2D eigenvalue weighted by atomic mass is 9.60. The van der Waals surface area contributed by atoms with Gasteiger partial charge in [0.2, 0.25) is 5.78 Å². The number of primary amides is 1. The maximum atomic E-state index is 13.9. The minimum Gasteiger partial charge on any atom is -0.511 e. The van der Waals surface area contributed by atoms with Crippen LogP contribution in [-0.2, 0) is 22.6 Å². The van der Waals surface area contributed by atoms with Gasteiger partial charge in [-0.1, -0.05) is 12.1 Å². The van der Waals surface area contributed by atoms with Crippen molar-refractivity contribution < 1.29 is 39.5 Å². The van der Waals surface area contributed by atoms with Crippen LogP contribution in [-0.4, -0.2) is 82.7 Å². The molecule has 1 amide bonds. The first-order valence-corrected chi connectivity index (χ1v) is 13.7. The number of aliphatic hydroxyl groups is 3. The zero-order chi connectivity index (χ0) is 30.5. The number of methoxy groups -OCH3 is 1. The third-order valence-corrected chi connectivity index (χ3v) is 8.56. The SMILES string of the molecule is COc1ccc(CNCCN(C)C)cc1-c1ccc(O)c2c1C[C@H]1C[C@H]3CC(O)=C(C(N)=O)C(=O)[C@@]3(O)C(O)=C1C2=O. The van der Waals surface area contributed by atoms with E-state index < -0.39 is 52.0 Å². The van der Waals surface area contributed by atoms with Gasteiger partial charge < -0.3 is 41.1 Å². The molecule has 0 fully saturated rings. The first-order chi connectivity index (χ1) is 19.9. The van der Waals surface area contributed by atoms with Gasteiger partial charge in [-0.15, -0.1) is 0 Å². The van der Waals surface area contributed by atoms with E-state index in [9.17, 15) is 34.8 Å². The normalized spacial score (nSPS) is 23.5. The van der Waals surface area contributed by atoms with Crippen LogP contribution in [0.1, 0.15) is 34.3 Å². The van der Waals surface area contributed by atoms with Crippen LogP contribution in [0.5, 0.6) is 11.5 Å². The fourth-order valence-electron chi connectivity index (χ4n) is 6.48. The molecule has 5 rings (SSSR count).